The Morgan fingerprint density at radius 2 is 2.07 bits per heavy atom. The summed E-state index contributed by atoms with van der Waals surface area (Å²) in [6, 6.07) is 7.37. The molecule has 0 aliphatic rings. The number of carbonyl (C=O) groups excluding carboxylic acids is 1. The highest BCUT2D eigenvalue weighted by Gasteiger charge is 2.08. The van der Waals surface area contributed by atoms with Crippen molar-refractivity contribution in [3.8, 4) is 5.75 Å². The Hall–Kier alpha value is -1.55. The number of hydrogen-bond donors (Lipinski definition) is 2. The largest absolute Gasteiger partial charge is 0.495 e. The summed E-state index contributed by atoms with van der Waals surface area (Å²) in [6.45, 7) is 0.443. The van der Waals surface area contributed by atoms with Gasteiger partial charge in [0.2, 0.25) is 0 Å². The van der Waals surface area contributed by atoms with E-state index in [0.29, 0.717) is 18.0 Å². The highest BCUT2D eigenvalue weighted by molar-refractivity contribution is 5.92. The molecular formula is C11H17N2O2+. The lowest BCUT2D eigenvalue weighted by molar-refractivity contribution is -0.849. The van der Waals surface area contributed by atoms with Crippen molar-refractivity contribution in [1.29, 1.82) is 0 Å². The van der Waals surface area contributed by atoms with Gasteiger partial charge in [0.1, 0.15) is 5.75 Å². The number of carbonyl (C=O) groups is 1. The molecule has 0 aliphatic carbocycles. The normalized spacial score (nSPS) is 10.1. The van der Waals surface area contributed by atoms with Crippen molar-refractivity contribution in [1.82, 2.24) is 0 Å². The molecule has 0 spiro atoms. The SMILES string of the molecule is COc1ccccc1NC(=O)C[NH+](C)C. The van der Waals surface area contributed by atoms with E-state index < -0.39 is 0 Å². The Bertz CT molecular complexity index is 337. The van der Waals surface area contributed by atoms with Crippen molar-refractivity contribution in [2.45, 2.75) is 0 Å². The first-order valence-corrected chi connectivity index (χ1v) is 4.85. The minimum absolute atomic E-state index is 0.0144. The first kappa shape index (κ1) is 11.5. The summed E-state index contributed by atoms with van der Waals surface area (Å²) in [5.41, 5.74) is 0.714. The summed E-state index contributed by atoms with van der Waals surface area (Å²) in [7, 11) is 5.45. The van der Waals surface area contributed by atoms with Crippen LogP contribution in [0.1, 0.15) is 0 Å². The van der Waals surface area contributed by atoms with Crippen LogP contribution in [0, 0.1) is 0 Å². The molecule has 0 bridgehead atoms. The molecule has 0 fully saturated rings. The van der Waals surface area contributed by atoms with Crippen LogP contribution in [0.3, 0.4) is 0 Å². The predicted octanol–water partition coefficient (Wildman–Crippen LogP) is -0.222. The van der Waals surface area contributed by atoms with E-state index in [1.54, 1.807) is 7.11 Å². The molecule has 0 unspecified atom stereocenters. The number of rotatable bonds is 4. The Morgan fingerprint density at radius 1 is 1.40 bits per heavy atom. The standard InChI is InChI=1S/C11H16N2O2/c1-13(2)8-11(14)12-9-6-4-5-7-10(9)15-3/h4-7H,8H2,1-3H3,(H,12,14)/p+1. The summed E-state index contributed by atoms with van der Waals surface area (Å²) in [4.78, 5) is 12.6. The monoisotopic (exact) mass is 209 g/mol. The molecule has 0 aliphatic heterocycles. The van der Waals surface area contributed by atoms with Crippen LogP contribution in [0.2, 0.25) is 0 Å². The molecule has 4 heteroatoms. The van der Waals surface area contributed by atoms with Crippen LogP contribution in [0.4, 0.5) is 5.69 Å². The van der Waals surface area contributed by atoms with E-state index in [-0.39, 0.29) is 5.91 Å². The van der Waals surface area contributed by atoms with E-state index >= 15 is 0 Å². The molecule has 2 N–H and O–H groups in total. The van der Waals surface area contributed by atoms with Crippen LogP contribution in [-0.4, -0.2) is 33.7 Å². The molecule has 0 atom stereocenters. The molecule has 0 radical (unpaired) electrons. The summed E-state index contributed by atoms with van der Waals surface area (Å²) in [6.07, 6.45) is 0. The fraction of sp³-hybridized carbons (Fsp3) is 0.364. The second-order valence-corrected chi connectivity index (χ2v) is 3.63. The fourth-order valence-electron chi connectivity index (χ4n) is 1.26. The third-order valence-electron chi connectivity index (χ3n) is 1.90. The Labute approximate surface area is 89.8 Å². The minimum atomic E-state index is -0.0144. The molecule has 82 valence electrons. The molecule has 0 saturated carbocycles. The number of likely N-dealkylation sites (N-methyl/N-ethyl adjacent to an activating group) is 1. The van der Waals surface area contributed by atoms with Crippen molar-refractivity contribution in [2.24, 2.45) is 0 Å². The van der Waals surface area contributed by atoms with E-state index in [9.17, 15) is 4.79 Å². The van der Waals surface area contributed by atoms with Gasteiger partial charge in [-0.05, 0) is 12.1 Å². The second kappa shape index (κ2) is 5.36. The second-order valence-electron chi connectivity index (χ2n) is 3.63. The molecule has 4 nitrogen and oxygen atoms in total. The number of nitrogens with one attached hydrogen (secondary N) is 2. The van der Waals surface area contributed by atoms with Gasteiger partial charge in [0.25, 0.3) is 5.91 Å². The molecular weight excluding hydrogens is 192 g/mol. The van der Waals surface area contributed by atoms with Gasteiger partial charge in [-0.3, -0.25) is 4.79 Å². The maximum Gasteiger partial charge on any atom is 0.279 e. The average molecular weight is 209 g/mol. The van der Waals surface area contributed by atoms with Crippen molar-refractivity contribution in [3.63, 3.8) is 0 Å². The quantitative estimate of drug-likeness (QED) is 0.720. The Morgan fingerprint density at radius 3 is 2.67 bits per heavy atom. The van der Waals surface area contributed by atoms with Gasteiger partial charge in [-0.1, -0.05) is 12.1 Å². The lowest BCUT2D eigenvalue weighted by Crippen LogP contribution is -3.06. The summed E-state index contributed by atoms with van der Waals surface area (Å²) < 4.78 is 5.13. The van der Waals surface area contributed by atoms with Crippen LogP contribution < -0.4 is 15.0 Å². The van der Waals surface area contributed by atoms with Gasteiger partial charge in [0.15, 0.2) is 6.54 Å². The van der Waals surface area contributed by atoms with Gasteiger partial charge < -0.3 is 15.0 Å². The lowest BCUT2D eigenvalue weighted by Gasteiger charge is -2.10. The number of methoxy groups -OCH3 is 1. The van der Waals surface area contributed by atoms with Crippen molar-refractivity contribution < 1.29 is 14.4 Å². The zero-order chi connectivity index (χ0) is 11.3. The van der Waals surface area contributed by atoms with E-state index in [2.05, 4.69) is 5.32 Å². The van der Waals surface area contributed by atoms with Gasteiger partial charge in [0.05, 0.1) is 26.9 Å². The number of para-hydroxylation sites is 2. The zero-order valence-corrected chi connectivity index (χ0v) is 9.33. The third-order valence-corrected chi connectivity index (χ3v) is 1.90. The van der Waals surface area contributed by atoms with Crippen molar-refractivity contribution in [2.75, 3.05) is 33.1 Å². The van der Waals surface area contributed by atoms with Gasteiger partial charge in [-0.15, -0.1) is 0 Å². The summed E-state index contributed by atoms with van der Waals surface area (Å²) in [5.74, 6) is 0.666. The van der Waals surface area contributed by atoms with Crippen LogP contribution in [0.5, 0.6) is 5.75 Å². The smallest absolute Gasteiger partial charge is 0.279 e. The highest BCUT2D eigenvalue weighted by atomic mass is 16.5. The molecule has 1 amide bonds. The molecule has 0 heterocycles. The van der Waals surface area contributed by atoms with Crippen molar-refractivity contribution >= 4 is 11.6 Å². The van der Waals surface area contributed by atoms with Gasteiger partial charge in [0, 0.05) is 0 Å². The van der Waals surface area contributed by atoms with Crippen LogP contribution in [0.25, 0.3) is 0 Å². The molecule has 0 saturated heterocycles. The van der Waals surface area contributed by atoms with Gasteiger partial charge in [-0.2, -0.15) is 0 Å². The average Bonchev–Trinajstić information content (AvgIpc) is 2.17. The van der Waals surface area contributed by atoms with E-state index in [0.717, 1.165) is 4.90 Å². The minimum Gasteiger partial charge on any atom is -0.495 e. The molecule has 15 heavy (non-hydrogen) atoms. The topological polar surface area (TPSA) is 42.8 Å². The first-order chi connectivity index (χ1) is 7.13. The number of amides is 1. The third kappa shape index (κ3) is 3.59. The van der Waals surface area contributed by atoms with Gasteiger partial charge in [-0.25, -0.2) is 0 Å². The van der Waals surface area contributed by atoms with Crippen LogP contribution in [0.15, 0.2) is 24.3 Å². The number of benzene rings is 1. The maximum absolute atomic E-state index is 11.5. The number of hydrogen-bond acceptors (Lipinski definition) is 2. The van der Waals surface area contributed by atoms with Crippen LogP contribution in [-0.2, 0) is 4.79 Å². The number of anilines is 1. The Kier molecular flexibility index (Phi) is 4.12. The molecule has 0 aromatic heterocycles. The van der Waals surface area contributed by atoms with Crippen LogP contribution >= 0.6 is 0 Å². The predicted molar refractivity (Wildman–Crippen MR) is 59.3 cm³/mol. The first-order valence-electron chi connectivity index (χ1n) is 4.85. The lowest BCUT2D eigenvalue weighted by atomic mass is 10.3. The van der Waals surface area contributed by atoms with Crippen molar-refractivity contribution in [3.05, 3.63) is 24.3 Å². The molecule has 1 rings (SSSR count). The molecule has 1 aromatic carbocycles. The summed E-state index contributed by atoms with van der Waals surface area (Å²) >= 11 is 0. The zero-order valence-electron chi connectivity index (χ0n) is 9.33. The highest BCUT2D eigenvalue weighted by Crippen LogP contribution is 2.22. The Balaban J connectivity index is 2.67. The summed E-state index contributed by atoms with van der Waals surface area (Å²) in [5, 5.41) is 2.81. The van der Waals surface area contributed by atoms with E-state index in [4.69, 9.17) is 4.74 Å². The van der Waals surface area contributed by atoms with E-state index in [1.807, 2.05) is 38.4 Å². The van der Waals surface area contributed by atoms with Gasteiger partial charge >= 0.3 is 0 Å². The molecule has 1 aromatic rings. The number of ether oxygens (including phenoxy) is 1. The number of quaternary nitrogens is 1. The van der Waals surface area contributed by atoms with E-state index in [1.165, 1.54) is 0 Å². The maximum atomic E-state index is 11.5. The fourth-order valence-corrected chi connectivity index (χ4v) is 1.26.